The lowest BCUT2D eigenvalue weighted by atomic mass is 9.89. The molecule has 0 aromatic heterocycles. The highest BCUT2D eigenvalue weighted by atomic mass is 32.2. The number of carboxylic acids is 1. The van der Waals surface area contributed by atoms with Crippen LogP contribution >= 0.6 is 11.8 Å². The third kappa shape index (κ3) is 2.27. The summed E-state index contributed by atoms with van der Waals surface area (Å²) in [6.07, 6.45) is 2.33. The van der Waals surface area contributed by atoms with Gasteiger partial charge in [-0.15, -0.1) is 11.8 Å². The molecule has 0 radical (unpaired) electrons. The Labute approximate surface area is 112 Å². The van der Waals surface area contributed by atoms with Gasteiger partial charge in [0.15, 0.2) is 0 Å². The highest BCUT2D eigenvalue weighted by Gasteiger charge is 2.54. The molecule has 98 valence electrons. The molecule has 0 aliphatic heterocycles. The van der Waals surface area contributed by atoms with E-state index in [1.807, 2.05) is 25.1 Å². The minimum atomic E-state index is -1.09. The number of hydrogen-bond acceptors (Lipinski definition) is 3. The maximum atomic E-state index is 11.4. The lowest BCUT2D eigenvalue weighted by Gasteiger charge is -2.36. The molecule has 0 heterocycles. The largest absolute Gasteiger partial charge is 0.480 e. The van der Waals surface area contributed by atoms with Crippen LogP contribution in [-0.4, -0.2) is 21.4 Å². The standard InChI is InChI=1S/C14H19NO2S/c1-13(8-5-9-14(13,15)12(16)17)18-10-11-6-3-2-4-7-11/h2-4,6-7H,5,8-10,15H2,1H3,(H,16,17). The van der Waals surface area contributed by atoms with E-state index in [4.69, 9.17) is 5.73 Å². The Balaban J connectivity index is 2.10. The molecule has 0 saturated heterocycles. The summed E-state index contributed by atoms with van der Waals surface area (Å²) in [7, 11) is 0. The molecule has 1 aliphatic rings. The SMILES string of the molecule is CC1(SCc2ccccc2)CCCC1(N)C(=O)O. The van der Waals surface area contributed by atoms with E-state index in [9.17, 15) is 9.90 Å². The highest BCUT2D eigenvalue weighted by Crippen LogP contribution is 2.48. The lowest BCUT2D eigenvalue weighted by molar-refractivity contribution is -0.143. The Morgan fingerprint density at radius 1 is 1.39 bits per heavy atom. The monoisotopic (exact) mass is 265 g/mol. The molecule has 0 spiro atoms. The van der Waals surface area contributed by atoms with E-state index in [-0.39, 0.29) is 4.75 Å². The topological polar surface area (TPSA) is 63.3 Å². The van der Waals surface area contributed by atoms with E-state index in [1.165, 1.54) is 5.56 Å². The molecule has 0 bridgehead atoms. The van der Waals surface area contributed by atoms with Crippen molar-refractivity contribution >= 4 is 17.7 Å². The Bertz CT molecular complexity index is 437. The first-order valence-electron chi connectivity index (χ1n) is 6.18. The molecule has 18 heavy (non-hydrogen) atoms. The summed E-state index contributed by atoms with van der Waals surface area (Å²) in [5, 5.41) is 9.37. The minimum absolute atomic E-state index is 0.380. The average Bonchev–Trinajstić information content (AvgIpc) is 2.66. The van der Waals surface area contributed by atoms with Crippen molar-refractivity contribution in [1.82, 2.24) is 0 Å². The lowest BCUT2D eigenvalue weighted by Crippen LogP contribution is -2.59. The molecule has 1 aromatic rings. The van der Waals surface area contributed by atoms with Gasteiger partial charge < -0.3 is 10.8 Å². The van der Waals surface area contributed by atoms with E-state index in [0.29, 0.717) is 6.42 Å². The zero-order valence-corrected chi connectivity index (χ0v) is 11.4. The molecule has 3 N–H and O–H groups in total. The van der Waals surface area contributed by atoms with Gasteiger partial charge in [0, 0.05) is 10.5 Å². The molecule has 1 saturated carbocycles. The van der Waals surface area contributed by atoms with Crippen molar-refractivity contribution in [3.05, 3.63) is 35.9 Å². The first kappa shape index (κ1) is 13.4. The van der Waals surface area contributed by atoms with Crippen LogP contribution in [0.4, 0.5) is 0 Å². The quantitative estimate of drug-likeness (QED) is 0.878. The fraction of sp³-hybridized carbons (Fsp3) is 0.500. The summed E-state index contributed by atoms with van der Waals surface area (Å²) >= 11 is 1.67. The Hall–Kier alpha value is -1.00. The van der Waals surface area contributed by atoms with Crippen LogP contribution in [0.2, 0.25) is 0 Å². The Morgan fingerprint density at radius 3 is 2.67 bits per heavy atom. The molecule has 2 rings (SSSR count). The molecular formula is C14H19NO2S. The van der Waals surface area contributed by atoms with Crippen LogP contribution in [0.25, 0.3) is 0 Å². The van der Waals surface area contributed by atoms with E-state index < -0.39 is 11.5 Å². The number of benzene rings is 1. The third-order valence-electron chi connectivity index (χ3n) is 3.95. The second-order valence-corrected chi connectivity index (χ2v) is 6.61. The van der Waals surface area contributed by atoms with Crippen molar-refractivity contribution in [1.29, 1.82) is 0 Å². The van der Waals surface area contributed by atoms with Crippen molar-refractivity contribution < 1.29 is 9.90 Å². The predicted molar refractivity (Wildman–Crippen MR) is 74.5 cm³/mol. The van der Waals surface area contributed by atoms with Crippen LogP contribution in [0.15, 0.2) is 30.3 Å². The van der Waals surface area contributed by atoms with Crippen molar-refractivity contribution in [2.45, 2.75) is 42.2 Å². The zero-order chi connectivity index (χ0) is 13.2. The number of aliphatic carboxylic acids is 1. The predicted octanol–water partition coefficient (Wildman–Crippen LogP) is 2.64. The van der Waals surface area contributed by atoms with E-state index in [2.05, 4.69) is 12.1 Å². The number of hydrogen-bond donors (Lipinski definition) is 2. The van der Waals surface area contributed by atoms with Crippen molar-refractivity contribution in [3.8, 4) is 0 Å². The maximum absolute atomic E-state index is 11.4. The summed E-state index contributed by atoms with van der Waals surface area (Å²) in [6, 6.07) is 10.1. The first-order chi connectivity index (χ1) is 8.48. The van der Waals surface area contributed by atoms with E-state index in [0.717, 1.165) is 18.6 Å². The van der Waals surface area contributed by atoms with Gasteiger partial charge in [0.1, 0.15) is 5.54 Å². The Kier molecular flexibility index (Phi) is 3.69. The van der Waals surface area contributed by atoms with Gasteiger partial charge in [-0.3, -0.25) is 4.79 Å². The molecule has 1 fully saturated rings. The van der Waals surface area contributed by atoms with Crippen molar-refractivity contribution in [2.24, 2.45) is 5.73 Å². The maximum Gasteiger partial charge on any atom is 0.325 e. The summed E-state index contributed by atoms with van der Waals surface area (Å²) in [4.78, 5) is 11.4. The average molecular weight is 265 g/mol. The molecule has 4 heteroatoms. The van der Waals surface area contributed by atoms with Crippen LogP contribution in [0.5, 0.6) is 0 Å². The summed E-state index contributed by atoms with van der Waals surface area (Å²) in [5.74, 6) is -0.0631. The van der Waals surface area contributed by atoms with Gasteiger partial charge in [0.2, 0.25) is 0 Å². The third-order valence-corrected chi connectivity index (χ3v) is 5.63. The van der Waals surface area contributed by atoms with Gasteiger partial charge in [-0.2, -0.15) is 0 Å². The number of nitrogens with two attached hydrogens (primary N) is 1. The van der Waals surface area contributed by atoms with E-state index >= 15 is 0 Å². The van der Waals surface area contributed by atoms with Gasteiger partial charge in [-0.05, 0) is 31.7 Å². The van der Waals surface area contributed by atoms with Gasteiger partial charge >= 0.3 is 5.97 Å². The van der Waals surface area contributed by atoms with Crippen LogP contribution in [-0.2, 0) is 10.5 Å². The van der Waals surface area contributed by atoms with Gasteiger partial charge in [-0.1, -0.05) is 30.3 Å². The van der Waals surface area contributed by atoms with Crippen molar-refractivity contribution in [2.75, 3.05) is 0 Å². The minimum Gasteiger partial charge on any atom is -0.480 e. The molecule has 1 aromatic carbocycles. The normalized spacial score (nSPS) is 31.4. The van der Waals surface area contributed by atoms with Crippen LogP contribution in [0, 0.1) is 0 Å². The molecule has 2 atom stereocenters. The van der Waals surface area contributed by atoms with Crippen LogP contribution in [0.1, 0.15) is 31.7 Å². The summed E-state index contributed by atoms with van der Waals surface area (Å²) < 4.78 is -0.380. The molecular weight excluding hydrogens is 246 g/mol. The number of carboxylic acid groups (broad SMARTS) is 1. The van der Waals surface area contributed by atoms with Crippen LogP contribution < -0.4 is 5.73 Å². The summed E-state index contributed by atoms with van der Waals surface area (Å²) in [6.45, 7) is 1.99. The number of carbonyl (C=O) groups is 1. The fourth-order valence-electron chi connectivity index (χ4n) is 2.54. The fourth-order valence-corrected chi connectivity index (χ4v) is 3.96. The van der Waals surface area contributed by atoms with E-state index in [1.54, 1.807) is 11.8 Å². The van der Waals surface area contributed by atoms with Gasteiger partial charge in [-0.25, -0.2) is 0 Å². The Morgan fingerprint density at radius 2 is 2.06 bits per heavy atom. The first-order valence-corrected chi connectivity index (χ1v) is 7.17. The van der Waals surface area contributed by atoms with Crippen molar-refractivity contribution in [3.63, 3.8) is 0 Å². The second-order valence-electron chi connectivity index (χ2n) is 5.14. The number of thioether (sulfide) groups is 1. The molecule has 2 unspecified atom stereocenters. The molecule has 3 nitrogen and oxygen atoms in total. The summed E-state index contributed by atoms with van der Waals surface area (Å²) in [5.41, 5.74) is 6.24. The number of rotatable bonds is 4. The zero-order valence-electron chi connectivity index (χ0n) is 10.6. The molecule has 0 amide bonds. The van der Waals surface area contributed by atoms with Crippen LogP contribution in [0.3, 0.4) is 0 Å². The smallest absolute Gasteiger partial charge is 0.325 e. The molecule has 1 aliphatic carbocycles. The van der Waals surface area contributed by atoms with Gasteiger partial charge in [0.05, 0.1) is 0 Å². The van der Waals surface area contributed by atoms with Gasteiger partial charge in [0.25, 0.3) is 0 Å². The second kappa shape index (κ2) is 4.94. The highest BCUT2D eigenvalue weighted by molar-refractivity contribution is 8.00.